The van der Waals surface area contributed by atoms with Crippen LogP contribution in [0.3, 0.4) is 0 Å². The first kappa shape index (κ1) is 13.7. The summed E-state index contributed by atoms with van der Waals surface area (Å²) in [6.07, 6.45) is 1.41. The number of para-hydroxylation sites is 1. The lowest BCUT2D eigenvalue weighted by atomic mass is 10.1. The molecule has 102 valence electrons. The van der Waals surface area contributed by atoms with Gasteiger partial charge in [-0.3, -0.25) is 14.6 Å². The molecule has 2 rings (SSSR count). The second-order valence-electron chi connectivity index (χ2n) is 4.35. The molecular formula is C15H14N2O3. The molecule has 2 N–H and O–H groups in total. The molecule has 0 saturated carbocycles. The van der Waals surface area contributed by atoms with Gasteiger partial charge in [-0.15, -0.1) is 0 Å². The van der Waals surface area contributed by atoms with E-state index < -0.39 is 5.97 Å². The highest BCUT2D eigenvalue weighted by Crippen LogP contribution is 2.17. The highest BCUT2D eigenvalue weighted by atomic mass is 16.4. The first-order valence-corrected chi connectivity index (χ1v) is 6.10. The summed E-state index contributed by atoms with van der Waals surface area (Å²) in [4.78, 5) is 27.0. The highest BCUT2D eigenvalue weighted by molar-refractivity contribution is 6.04. The minimum Gasteiger partial charge on any atom is -0.481 e. The number of carbonyl (C=O) groups excluding carboxylic acids is 1. The molecule has 2 aromatic rings. The monoisotopic (exact) mass is 270 g/mol. The predicted octanol–water partition coefficient (Wildman–Crippen LogP) is 2.27. The Labute approximate surface area is 116 Å². The van der Waals surface area contributed by atoms with Crippen LogP contribution in [0.4, 0.5) is 5.69 Å². The van der Waals surface area contributed by atoms with Crippen LogP contribution in [0.1, 0.15) is 21.6 Å². The molecule has 0 radical (unpaired) electrons. The third-order valence-electron chi connectivity index (χ3n) is 2.83. The van der Waals surface area contributed by atoms with E-state index in [0.29, 0.717) is 16.9 Å². The summed E-state index contributed by atoms with van der Waals surface area (Å²) in [7, 11) is 0. The van der Waals surface area contributed by atoms with Crippen molar-refractivity contribution in [1.29, 1.82) is 0 Å². The van der Waals surface area contributed by atoms with Gasteiger partial charge in [-0.25, -0.2) is 0 Å². The van der Waals surface area contributed by atoms with E-state index in [0.717, 1.165) is 5.56 Å². The molecule has 0 fully saturated rings. The summed E-state index contributed by atoms with van der Waals surface area (Å²) >= 11 is 0. The first-order chi connectivity index (χ1) is 9.58. The van der Waals surface area contributed by atoms with Gasteiger partial charge in [-0.05, 0) is 30.2 Å². The van der Waals surface area contributed by atoms with Crippen molar-refractivity contribution in [3.63, 3.8) is 0 Å². The number of carboxylic acid groups (broad SMARTS) is 1. The van der Waals surface area contributed by atoms with E-state index in [1.165, 1.54) is 0 Å². The van der Waals surface area contributed by atoms with Gasteiger partial charge in [0.25, 0.3) is 5.91 Å². The van der Waals surface area contributed by atoms with Crippen LogP contribution in [-0.4, -0.2) is 22.0 Å². The van der Waals surface area contributed by atoms with Gasteiger partial charge in [0.1, 0.15) is 5.69 Å². The Balaban J connectivity index is 2.24. The SMILES string of the molecule is Cc1cccnc1C(=O)Nc1ccccc1CC(=O)O. The molecule has 20 heavy (non-hydrogen) atoms. The minimum absolute atomic E-state index is 0.141. The average Bonchev–Trinajstić information content (AvgIpc) is 2.41. The van der Waals surface area contributed by atoms with Gasteiger partial charge < -0.3 is 10.4 Å². The van der Waals surface area contributed by atoms with Crippen molar-refractivity contribution in [2.45, 2.75) is 13.3 Å². The number of aryl methyl sites for hydroxylation is 1. The number of amides is 1. The lowest BCUT2D eigenvalue weighted by molar-refractivity contribution is -0.136. The standard InChI is InChI=1S/C15H14N2O3/c1-10-5-4-8-16-14(10)15(20)17-12-7-3-2-6-11(12)9-13(18)19/h2-8H,9H2,1H3,(H,17,20)(H,18,19). The van der Waals surface area contributed by atoms with Gasteiger partial charge in [0.05, 0.1) is 6.42 Å². The largest absolute Gasteiger partial charge is 0.481 e. The molecule has 0 bridgehead atoms. The van der Waals surface area contributed by atoms with Crippen LogP contribution in [0.5, 0.6) is 0 Å². The van der Waals surface area contributed by atoms with Crippen molar-refractivity contribution < 1.29 is 14.7 Å². The summed E-state index contributed by atoms with van der Waals surface area (Å²) in [5.74, 6) is -1.29. The summed E-state index contributed by atoms with van der Waals surface area (Å²) < 4.78 is 0. The Morgan fingerprint density at radius 1 is 1.20 bits per heavy atom. The van der Waals surface area contributed by atoms with Gasteiger partial charge in [0.15, 0.2) is 0 Å². The fraction of sp³-hybridized carbons (Fsp3) is 0.133. The van der Waals surface area contributed by atoms with E-state index in [4.69, 9.17) is 5.11 Å². The number of hydrogen-bond acceptors (Lipinski definition) is 3. The number of rotatable bonds is 4. The van der Waals surface area contributed by atoms with Gasteiger partial charge >= 0.3 is 5.97 Å². The smallest absolute Gasteiger partial charge is 0.307 e. The maximum absolute atomic E-state index is 12.2. The number of nitrogens with zero attached hydrogens (tertiary/aromatic N) is 1. The summed E-state index contributed by atoms with van der Waals surface area (Å²) in [5, 5.41) is 11.6. The minimum atomic E-state index is -0.944. The van der Waals surface area contributed by atoms with E-state index >= 15 is 0 Å². The second-order valence-corrected chi connectivity index (χ2v) is 4.35. The number of carboxylic acids is 1. The van der Waals surface area contributed by atoms with E-state index in [1.807, 2.05) is 0 Å². The second kappa shape index (κ2) is 5.97. The lowest BCUT2D eigenvalue weighted by Gasteiger charge is -2.10. The maximum Gasteiger partial charge on any atom is 0.307 e. The number of hydrogen-bond donors (Lipinski definition) is 2. The molecule has 0 saturated heterocycles. The van der Waals surface area contributed by atoms with E-state index in [-0.39, 0.29) is 12.3 Å². The molecule has 0 unspecified atom stereocenters. The predicted molar refractivity (Wildman–Crippen MR) is 74.7 cm³/mol. The molecule has 1 aromatic heterocycles. The molecule has 0 spiro atoms. The lowest BCUT2D eigenvalue weighted by Crippen LogP contribution is -2.16. The van der Waals surface area contributed by atoms with Gasteiger partial charge in [0, 0.05) is 11.9 Å². The zero-order chi connectivity index (χ0) is 14.5. The van der Waals surface area contributed by atoms with Crippen molar-refractivity contribution in [3.8, 4) is 0 Å². The summed E-state index contributed by atoms with van der Waals surface area (Å²) in [5.41, 5.74) is 2.14. The Morgan fingerprint density at radius 2 is 1.95 bits per heavy atom. The van der Waals surface area contributed by atoms with Crippen molar-refractivity contribution >= 4 is 17.6 Å². The van der Waals surface area contributed by atoms with Crippen LogP contribution < -0.4 is 5.32 Å². The number of benzene rings is 1. The summed E-state index contributed by atoms with van der Waals surface area (Å²) in [6, 6.07) is 10.4. The molecule has 0 atom stereocenters. The van der Waals surface area contributed by atoms with Crippen LogP contribution in [-0.2, 0) is 11.2 Å². The van der Waals surface area contributed by atoms with Gasteiger partial charge in [-0.1, -0.05) is 24.3 Å². The Hall–Kier alpha value is -2.69. The van der Waals surface area contributed by atoms with Crippen molar-refractivity contribution in [1.82, 2.24) is 4.98 Å². The fourth-order valence-corrected chi connectivity index (χ4v) is 1.86. The molecule has 0 aliphatic rings. The van der Waals surface area contributed by atoms with E-state index in [2.05, 4.69) is 10.3 Å². The molecule has 1 aromatic carbocycles. The first-order valence-electron chi connectivity index (χ1n) is 6.10. The van der Waals surface area contributed by atoms with Crippen LogP contribution in [0, 0.1) is 6.92 Å². The van der Waals surface area contributed by atoms with Crippen molar-refractivity contribution in [2.24, 2.45) is 0 Å². The van der Waals surface area contributed by atoms with Gasteiger partial charge in [0.2, 0.25) is 0 Å². The number of aromatic nitrogens is 1. The van der Waals surface area contributed by atoms with Gasteiger partial charge in [-0.2, -0.15) is 0 Å². The fourth-order valence-electron chi connectivity index (χ4n) is 1.86. The number of nitrogens with one attached hydrogen (secondary N) is 1. The molecule has 0 aliphatic carbocycles. The zero-order valence-electron chi connectivity index (χ0n) is 11.0. The molecule has 1 amide bonds. The van der Waals surface area contributed by atoms with Crippen LogP contribution >= 0.6 is 0 Å². The molecule has 5 heteroatoms. The topological polar surface area (TPSA) is 79.3 Å². The molecule has 1 heterocycles. The van der Waals surface area contributed by atoms with Crippen LogP contribution in [0.2, 0.25) is 0 Å². The third-order valence-corrected chi connectivity index (χ3v) is 2.83. The quantitative estimate of drug-likeness (QED) is 0.893. The highest BCUT2D eigenvalue weighted by Gasteiger charge is 2.13. The average molecular weight is 270 g/mol. The van der Waals surface area contributed by atoms with E-state index in [9.17, 15) is 9.59 Å². The third kappa shape index (κ3) is 3.20. The number of aliphatic carboxylic acids is 1. The van der Waals surface area contributed by atoms with E-state index in [1.54, 1.807) is 49.5 Å². The van der Waals surface area contributed by atoms with Crippen LogP contribution in [0.25, 0.3) is 0 Å². The number of carbonyl (C=O) groups is 2. The Morgan fingerprint density at radius 3 is 2.65 bits per heavy atom. The van der Waals surface area contributed by atoms with Crippen molar-refractivity contribution in [2.75, 3.05) is 5.32 Å². The normalized spacial score (nSPS) is 10.1. The summed E-state index contributed by atoms with van der Waals surface area (Å²) in [6.45, 7) is 1.80. The number of pyridine rings is 1. The Kier molecular flexibility index (Phi) is 4.10. The molecule has 0 aliphatic heterocycles. The van der Waals surface area contributed by atoms with Crippen molar-refractivity contribution in [3.05, 3.63) is 59.4 Å². The maximum atomic E-state index is 12.2. The zero-order valence-corrected chi connectivity index (χ0v) is 11.0. The Bertz CT molecular complexity index is 653. The molecular weight excluding hydrogens is 256 g/mol. The van der Waals surface area contributed by atoms with Crippen LogP contribution in [0.15, 0.2) is 42.6 Å². The number of anilines is 1. The molecule has 5 nitrogen and oxygen atoms in total.